The Morgan fingerprint density at radius 3 is 2.84 bits per heavy atom. The van der Waals surface area contributed by atoms with Crippen molar-refractivity contribution in [3.63, 3.8) is 0 Å². The van der Waals surface area contributed by atoms with Gasteiger partial charge in [-0.3, -0.25) is 0 Å². The number of carbonyl (C=O) groups excluding carboxylic acids is 1. The van der Waals surface area contributed by atoms with E-state index in [2.05, 4.69) is 17.2 Å². The highest BCUT2D eigenvalue weighted by molar-refractivity contribution is 5.87. The minimum absolute atomic E-state index is 0.0165. The zero-order chi connectivity index (χ0) is 14.3. The summed E-state index contributed by atoms with van der Waals surface area (Å²) in [5.74, 6) is -0.981. The quantitative estimate of drug-likeness (QED) is 0.687. The van der Waals surface area contributed by atoms with Gasteiger partial charge in [0.25, 0.3) is 0 Å². The van der Waals surface area contributed by atoms with E-state index in [1.165, 1.54) is 12.1 Å². The number of carboxylic acids is 1. The Kier molecular flexibility index (Phi) is 5.60. The molecule has 0 aliphatic heterocycles. The molecule has 0 aliphatic carbocycles. The van der Waals surface area contributed by atoms with Crippen LogP contribution in [0.4, 0.5) is 4.79 Å². The van der Waals surface area contributed by atoms with Crippen molar-refractivity contribution in [2.45, 2.75) is 25.9 Å². The zero-order valence-electron chi connectivity index (χ0n) is 10.8. The van der Waals surface area contributed by atoms with Crippen LogP contribution >= 0.6 is 0 Å². The van der Waals surface area contributed by atoms with Crippen LogP contribution in [0.2, 0.25) is 0 Å². The average Bonchev–Trinajstić information content (AvgIpc) is 2.37. The molecule has 19 heavy (non-hydrogen) atoms. The largest absolute Gasteiger partial charge is 0.478 e. The maximum atomic E-state index is 11.5. The van der Waals surface area contributed by atoms with Crippen molar-refractivity contribution in [3.05, 3.63) is 48.0 Å². The summed E-state index contributed by atoms with van der Waals surface area (Å²) in [6.07, 6.45) is 2.43. The van der Waals surface area contributed by atoms with Gasteiger partial charge in [0.05, 0.1) is 5.56 Å². The van der Waals surface area contributed by atoms with E-state index in [1.54, 1.807) is 18.2 Å². The van der Waals surface area contributed by atoms with Crippen LogP contribution in [-0.2, 0) is 6.54 Å². The highest BCUT2D eigenvalue weighted by atomic mass is 16.4. The molecule has 1 aromatic carbocycles. The molecule has 3 N–H and O–H groups in total. The molecule has 0 spiro atoms. The highest BCUT2D eigenvalue weighted by Gasteiger charge is 2.06. The third kappa shape index (κ3) is 5.25. The molecule has 5 nitrogen and oxygen atoms in total. The molecule has 1 unspecified atom stereocenters. The SMILES string of the molecule is C=CCC(C)NC(=O)NCc1cccc(C(=O)O)c1. The van der Waals surface area contributed by atoms with Crippen molar-refractivity contribution in [1.29, 1.82) is 0 Å². The van der Waals surface area contributed by atoms with Gasteiger partial charge in [0.1, 0.15) is 0 Å². The molecule has 2 amide bonds. The van der Waals surface area contributed by atoms with Gasteiger partial charge >= 0.3 is 12.0 Å². The Balaban J connectivity index is 2.48. The van der Waals surface area contributed by atoms with Gasteiger partial charge in [-0.2, -0.15) is 0 Å². The molecule has 0 radical (unpaired) electrons. The first-order chi connectivity index (χ1) is 9.02. The number of rotatable bonds is 6. The van der Waals surface area contributed by atoms with Crippen LogP contribution in [0.5, 0.6) is 0 Å². The number of urea groups is 1. The Labute approximate surface area is 112 Å². The van der Waals surface area contributed by atoms with Crippen molar-refractivity contribution in [2.24, 2.45) is 0 Å². The molecule has 0 saturated heterocycles. The van der Waals surface area contributed by atoms with Gasteiger partial charge in [0.2, 0.25) is 0 Å². The van der Waals surface area contributed by atoms with Crippen molar-refractivity contribution in [1.82, 2.24) is 10.6 Å². The second kappa shape index (κ2) is 7.20. The molecular weight excluding hydrogens is 244 g/mol. The van der Waals surface area contributed by atoms with Crippen molar-refractivity contribution in [2.75, 3.05) is 0 Å². The summed E-state index contributed by atoms with van der Waals surface area (Å²) in [6, 6.07) is 6.20. The van der Waals surface area contributed by atoms with E-state index >= 15 is 0 Å². The summed E-state index contributed by atoms with van der Waals surface area (Å²) in [5, 5.41) is 14.3. The first-order valence-electron chi connectivity index (χ1n) is 6.00. The van der Waals surface area contributed by atoms with Crippen LogP contribution in [0.15, 0.2) is 36.9 Å². The number of carboxylic acid groups (broad SMARTS) is 1. The smallest absolute Gasteiger partial charge is 0.335 e. The lowest BCUT2D eigenvalue weighted by Gasteiger charge is -2.12. The van der Waals surface area contributed by atoms with Crippen LogP contribution in [0.1, 0.15) is 29.3 Å². The molecule has 0 heterocycles. The molecule has 0 saturated carbocycles. The van der Waals surface area contributed by atoms with Gasteiger partial charge in [-0.1, -0.05) is 18.2 Å². The Morgan fingerprint density at radius 2 is 2.21 bits per heavy atom. The van der Waals surface area contributed by atoms with Crippen LogP contribution in [0.3, 0.4) is 0 Å². The molecule has 1 aromatic rings. The summed E-state index contributed by atoms with van der Waals surface area (Å²) < 4.78 is 0. The van der Waals surface area contributed by atoms with E-state index in [0.717, 1.165) is 5.56 Å². The number of carbonyl (C=O) groups is 2. The van der Waals surface area contributed by atoms with E-state index in [4.69, 9.17) is 5.11 Å². The maximum Gasteiger partial charge on any atom is 0.335 e. The predicted molar refractivity (Wildman–Crippen MR) is 73.0 cm³/mol. The van der Waals surface area contributed by atoms with Gasteiger partial charge in [0, 0.05) is 12.6 Å². The highest BCUT2D eigenvalue weighted by Crippen LogP contribution is 2.05. The molecule has 0 bridgehead atoms. The van der Waals surface area contributed by atoms with E-state index in [0.29, 0.717) is 6.42 Å². The lowest BCUT2D eigenvalue weighted by Crippen LogP contribution is -2.40. The molecule has 0 fully saturated rings. The second-order valence-electron chi connectivity index (χ2n) is 4.26. The van der Waals surface area contributed by atoms with Crippen LogP contribution < -0.4 is 10.6 Å². The number of benzene rings is 1. The van der Waals surface area contributed by atoms with Crippen molar-refractivity contribution in [3.8, 4) is 0 Å². The summed E-state index contributed by atoms with van der Waals surface area (Å²) in [7, 11) is 0. The Morgan fingerprint density at radius 1 is 1.47 bits per heavy atom. The molecule has 1 atom stereocenters. The van der Waals surface area contributed by atoms with E-state index in [1.807, 2.05) is 6.92 Å². The topological polar surface area (TPSA) is 78.4 Å². The molecule has 0 aliphatic rings. The van der Waals surface area contributed by atoms with E-state index in [9.17, 15) is 9.59 Å². The summed E-state index contributed by atoms with van der Waals surface area (Å²) in [5.41, 5.74) is 0.950. The normalized spacial score (nSPS) is 11.4. The van der Waals surface area contributed by atoms with Gasteiger partial charge in [-0.15, -0.1) is 6.58 Å². The first kappa shape index (κ1) is 14.8. The summed E-state index contributed by atoms with van der Waals surface area (Å²) in [4.78, 5) is 22.3. The Bertz CT molecular complexity index is 472. The predicted octanol–water partition coefficient (Wildman–Crippen LogP) is 2.15. The second-order valence-corrected chi connectivity index (χ2v) is 4.26. The molecule has 0 aromatic heterocycles. The fourth-order valence-corrected chi connectivity index (χ4v) is 1.58. The molecule has 5 heteroatoms. The van der Waals surface area contributed by atoms with Crippen molar-refractivity contribution >= 4 is 12.0 Å². The average molecular weight is 262 g/mol. The van der Waals surface area contributed by atoms with Crippen LogP contribution in [0, 0.1) is 0 Å². The lowest BCUT2D eigenvalue weighted by molar-refractivity contribution is 0.0696. The summed E-state index contributed by atoms with van der Waals surface area (Å²) in [6.45, 7) is 5.77. The zero-order valence-corrected chi connectivity index (χ0v) is 10.8. The van der Waals surface area contributed by atoms with Crippen molar-refractivity contribution < 1.29 is 14.7 Å². The minimum atomic E-state index is -0.981. The maximum absolute atomic E-state index is 11.5. The number of hydrogen-bond acceptors (Lipinski definition) is 2. The molecular formula is C14H18N2O3. The van der Waals surface area contributed by atoms with Gasteiger partial charge in [-0.05, 0) is 31.0 Å². The number of amides is 2. The third-order valence-electron chi connectivity index (χ3n) is 2.52. The van der Waals surface area contributed by atoms with Crippen LogP contribution in [0.25, 0.3) is 0 Å². The first-order valence-corrected chi connectivity index (χ1v) is 6.00. The van der Waals surface area contributed by atoms with Crippen LogP contribution in [-0.4, -0.2) is 23.1 Å². The van der Waals surface area contributed by atoms with E-state index in [-0.39, 0.29) is 24.2 Å². The standard InChI is InChI=1S/C14H18N2O3/c1-3-5-10(2)16-14(19)15-9-11-6-4-7-12(8-11)13(17)18/h3-4,6-8,10H,1,5,9H2,2H3,(H,17,18)(H2,15,16,19). The van der Waals surface area contributed by atoms with Gasteiger partial charge < -0.3 is 15.7 Å². The lowest BCUT2D eigenvalue weighted by atomic mass is 10.1. The minimum Gasteiger partial charge on any atom is -0.478 e. The number of aromatic carboxylic acids is 1. The Hall–Kier alpha value is -2.30. The third-order valence-corrected chi connectivity index (χ3v) is 2.52. The monoisotopic (exact) mass is 262 g/mol. The molecule has 102 valence electrons. The van der Waals surface area contributed by atoms with E-state index < -0.39 is 5.97 Å². The number of hydrogen-bond donors (Lipinski definition) is 3. The van der Waals surface area contributed by atoms with Gasteiger partial charge in [0.15, 0.2) is 0 Å². The fourth-order valence-electron chi connectivity index (χ4n) is 1.58. The number of nitrogens with one attached hydrogen (secondary N) is 2. The van der Waals surface area contributed by atoms with Gasteiger partial charge in [-0.25, -0.2) is 9.59 Å². The fraction of sp³-hybridized carbons (Fsp3) is 0.286. The summed E-state index contributed by atoms with van der Waals surface area (Å²) >= 11 is 0. The molecule has 1 rings (SSSR count).